The minimum Gasteiger partial charge on any atom is -0.480 e. The molecule has 0 fully saturated rings. The Kier molecular flexibility index (Phi) is 7.99. The molecule has 32 heavy (non-hydrogen) atoms. The molecule has 0 saturated heterocycles. The quantitative estimate of drug-likeness (QED) is 0.631. The lowest BCUT2D eigenvalue weighted by Crippen LogP contribution is -2.42. The van der Waals surface area contributed by atoms with E-state index in [0.717, 1.165) is 22.3 Å². The van der Waals surface area contributed by atoms with Crippen LogP contribution in [0.25, 0.3) is 11.1 Å². The molecule has 0 spiro atoms. The third kappa shape index (κ3) is 6.07. The van der Waals surface area contributed by atoms with Gasteiger partial charge in [0.25, 0.3) is 0 Å². The highest BCUT2D eigenvalue weighted by Gasteiger charge is 2.30. The Morgan fingerprint density at radius 1 is 1.00 bits per heavy atom. The van der Waals surface area contributed by atoms with Crippen LogP contribution in [0.1, 0.15) is 50.7 Å². The van der Waals surface area contributed by atoms with E-state index in [-0.39, 0.29) is 30.8 Å². The SMILES string of the molecule is CC(C)(C)OC(=O)CC[C@H](NC(=O)OCC1c2ccccc2-c2ccccc21)C(=O)O.O. The van der Waals surface area contributed by atoms with E-state index in [4.69, 9.17) is 9.47 Å². The second-order valence-corrected chi connectivity index (χ2v) is 8.49. The standard InChI is InChI=1S/C24H27NO6.H2O/c1-24(2,3)31-21(26)13-12-20(22(27)28)25-23(29)30-14-19-17-10-6-4-8-15(17)16-9-5-7-11-18(16)19;/h4-11,19-20H,12-14H2,1-3H3,(H,25,29)(H,27,28);1H2/t20-;/m0./s1. The number of alkyl carbamates (subject to hydrolysis) is 1. The van der Waals surface area contributed by atoms with Crippen molar-refractivity contribution < 1.29 is 34.4 Å². The molecule has 1 aliphatic rings. The fourth-order valence-corrected chi connectivity index (χ4v) is 3.69. The maximum atomic E-state index is 12.3. The Morgan fingerprint density at radius 3 is 2.03 bits per heavy atom. The van der Waals surface area contributed by atoms with Gasteiger partial charge in [0.2, 0.25) is 0 Å². The largest absolute Gasteiger partial charge is 0.480 e. The van der Waals surface area contributed by atoms with Crippen LogP contribution in [-0.2, 0) is 19.1 Å². The number of aliphatic carboxylic acids is 1. The molecule has 0 bridgehead atoms. The van der Waals surface area contributed by atoms with Gasteiger partial charge in [-0.3, -0.25) is 4.79 Å². The van der Waals surface area contributed by atoms with Gasteiger partial charge in [-0.25, -0.2) is 9.59 Å². The van der Waals surface area contributed by atoms with Gasteiger partial charge < -0.3 is 25.4 Å². The zero-order valence-corrected chi connectivity index (χ0v) is 18.4. The maximum Gasteiger partial charge on any atom is 0.407 e. The number of rotatable bonds is 7. The number of nitrogens with one attached hydrogen (secondary N) is 1. The van der Waals surface area contributed by atoms with Crippen LogP contribution < -0.4 is 5.32 Å². The number of ether oxygens (including phenoxy) is 2. The number of carboxylic acids is 1. The van der Waals surface area contributed by atoms with E-state index in [0.29, 0.717) is 0 Å². The zero-order valence-electron chi connectivity index (χ0n) is 18.4. The molecule has 0 aromatic heterocycles. The molecule has 0 radical (unpaired) electrons. The van der Waals surface area contributed by atoms with Crippen LogP contribution in [0.15, 0.2) is 48.5 Å². The first kappa shape index (κ1) is 24.9. The van der Waals surface area contributed by atoms with Gasteiger partial charge in [0.05, 0.1) is 0 Å². The summed E-state index contributed by atoms with van der Waals surface area (Å²) in [5.41, 5.74) is 3.68. The third-order valence-corrected chi connectivity index (χ3v) is 4.99. The van der Waals surface area contributed by atoms with Crippen LogP contribution in [0.5, 0.6) is 0 Å². The molecule has 0 heterocycles. The summed E-state index contributed by atoms with van der Waals surface area (Å²) < 4.78 is 10.6. The summed E-state index contributed by atoms with van der Waals surface area (Å²) in [6, 6.07) is 14.6. The average molecular weight is 443 g/mol. The first-order valence-electron chi connectivity index (χ1n) is 10.2. The van der Waals surface area contributed by atoms with Crippen molar-refractivity contribution in [1.29, 1.82) is 0 Å². The van der Waals surface area contributed by atoms with Crippen molar-refractivity contribution in [2.24, 2.45) is 0 Å². The molecule has 2 aromatic rings. The molecule has 1 aliphatic carbocycles. The fraction of sp³-hybridized carbons (Fsp3) is 0.375. The number of carboxylic acid groups (broad SMARTS) is 1. The molecule has 0 saturated carbocycles. The normalized spacial score (nSPS) is 13.2. The van der Waals surface area contributed by atoms with E-state index < -0.39 is 29.7 Å². The van der Waals surface area contributed by atoms with E-state index in [9.17, 15) is 19.5 Å². The van der Waals surface area contributed by atoms with Crippen LogP contribution in [0, 0.1) is 0 Å². The Balaban J connectivity index is 0.00000363. The fourth-order valence-electron chi connectivity index (χ4n) is 3.69. The van der Waals surface area contributed by atoms with Crippen molar-refractivity contribution in [2.75, 3.05) is 6.61 Å². The molecule has 0 aliphatic heterocycles. The molecular weight excluding hydrogens is 414 g/mol. The molecule has 172 valence electrons. The summed E-state index contributed by atoms with van der Waals surface area (Å²) in [5, 5.41) is 11.7. The molecule has 1 amide bonds. The molecule has 1 atom stereocenters. The molecule has 8 nitrogen and oxygen atoms in total. The first-order chi connectivity index (χ1) is 14.7. The van der Waals surface area contributed by atoms with Gasteiger partial charge in [0.15, 0.2) is 0 Å². The maximum absolute atomic E-state index is 12.3. The summed E-state index contributed by atoms with van der Waals surface area (Å²) in [7, 11) is 0. The monoisotopic (exact) mass is 443 g/mol. The number of benzene rings is 2. The molecule has 0 unspecified atom stereocenters. The van der Waals surface area contributed by atoms with Crippen molar-refractivity contribution in [3.8, 4) is 11.1 Å². The lowest BCUT2D eigenvalue weighted by atomic mass is 9.98. The first-order valence-corrected chi connectivity index (χ1v) is 10.2. The molecule has 8 heteroatoms. The molecule has 2 aromatic carbocycles. The van der Waals surface area contributed by atoms with Crippen molar-refractivity contribution in [3.63, 3.8) is 0 Å². The summed E-state index contributed by atoms with van der Waals surface area (Å²) in [4.78, 5) is 35.6. The number of hydrogen-bond donors (Lipinski definition) is 2. The van der Waals surface area contributed by atoms with Gasteiger partial charge in [-0.1, -0.05) is 48.5 Å². The van der Waals surface area contributed by atoms with Crippen LogP contribution in [0.2, 0.25) is 0 Å². The summed E-state index contributed by atoms with van der Waals surface area (Å²) >= 11 is 0. The number of amides is 1. The average Bonchev–Trinajstić information content (AvgIpc) is 3.02. The second kappa shape index (κ2) is 10.3. The van der Waals surface area contributed by atoms with Crippen LogP contribution in [-0.4, -0.2) is 46.9 Å². The summed E-state index contributed by atoms with van der Waals surface area (Å²) in [6.45, 7) is 5.27. The van der Waals surface area contributed by atoms with Gasteiger partial charge in [0.1, 0.15) is 18.2 Å². The lowest BCUT2D eigenvalue weighted by Gasteiger charge is -2.20. The van der Waals surface area contributed by atoms with E-state index >= 15 is 0 Å². The number of carbonyl (C=O) groups is 3. The number of carbonyl (C=O) groups excluding carboxylic acids is 2. The van der Waals surface area contributed by atoms with Crippen molar-refractivity contribution in [2.45, 2.75) is 51.2 Å². The number of fused-ring (bicyclic) bond motifs is 3. The van der Waals surface area contributed by atoms with Crippen LogP contribution in [0.4, 0.5) is 4.79 Å². The van der Waals surface area contributed by atoms with E-state index in [2.05, 4.69) is 5.32 Å². The Morgan fingerprint density at radius 2 is 1.53 bits per heavy atom. The topological polar surface area (TPSA) is 133 Å². The van der Waals surface area contributed by atoms with Crippen molar-refractivity contribution in [1.82, 2.24) is 5.32 Å². The zero-order chi connectivity index (χ0) is 22.6. The number of esters is 1. The van der Waals surface area contributed by atoms with Gasteiger partial charge in [-0.2, -0.15) is 0 Å². The highest BCUT2D eigenvalue weighted by molar-refractivity contribution is 5.81. The Bertz CT molecular complexity index is 935. The van der Waals surface area contributed by atoms with Gasteiger partial charge in [0, 0.05) is 12.3 Å². The second-order valence-electron chi connectivity index (χ2n) is 8.49. The van der Waals surface area contributed by atoms with Gasteiger partial charge in [-0.15, -0.1) is 0 Å². The highest BCUT2D eigenvalue weighted by Crippen LogP contribution is 2.44. The predicted octanol–water partition coefficient (Wildman–Crippen LogP) is 3.28. The third-order valence-electron chi connectivity index (χ3n) is 4.99. The van der Waals surface area contributed by atoms with Gasteiger partial charge >= 0.3 is 18.0 Å². The smallest absolute Gasteiger partial charge is 0.407 e. The minimum absolute atomic E-state index is 0. The Labute approximate surface area is 186 Å². The Hall–Kier alpha value is -3.39. The summed E-state index contributed by atoms with van der Waals surface area (Å²) in [5.74, 6) is -1.88. The summed E-state index contributed by atoms with van der Waals surface area (Å²) in [6.07, 6.45) is -1.05. The number of hydrogen-bond acceptors (Lipinski definition) is 5. The molecule has 4 N–H and O–H groups in total. The highest BCUT2D eigenvalue weighted by atomic mass is 16.6. The van der Waals surface area contributed by atoms with Crippen molar-refractivity contribution >= 4 is 18.0 Å². The van der Waals surface area contributed by atoms with E-state index in [1.807, 2.05) is 48.5 Å². The minimum atomic E-state index is -1.25. The van der Waals surface area contributed by atoms with Crippen LogP contribution >= 0.6 is 0 Å². The van der Waals surface area contributed by atoms with E-state index in [1.165, 1.54) is 0 Å². The lowest BCUT2D eigenvalue weighted by molar-refractivity contribution is -0.155. The molecule has 3 rings (SSSR count). The van der Waals surface area contributed by atoms with Crippen molar-refractivity contribution in [3.05, 3.63) is 59.7 Å². The predicted molar refractivity (Wildman–Crippen MR) is 118 cm³/mol. The van der Waals surface area contributed by atoms with E-state index in [1.54, 1.807) is 20.8 Å². The van der Waals surface area contributed by atoms with Gasteiger partial charge in [-0.05, 0) is 49.4 Å². The van der Waals surface area contributed by atoms with Crippen LogP contribution in [0.3, 0.4) is 0 Å². The molecular formula is C24H29NO7.